The summed E-state index contributed by atoms with van der Waals surface area (Å²) in [6.07, 6.45) is 12.7. The molecule has 1 saturated carbocycles. The normalized spacial score (nSPS) is 26.1. The van der Waals surface area contributed by atoms with Crippen molar-refractivity contribution < 1.29 is 0 Å². The van der Waals surface area contributed by atoms with Crippen molar-refractivity contribution in [2.24, 2.45) is 17.3 Å². The molecule has 0 amide bonds. The molecule has 0 bridgehead atoms. The van der Waals surface area contributed by atoms with Crippen LogP contribution in [0.5, 0.6) is 0 Å². The summed E-state index contributed by atoms with van der Waals surface area (Å²) in [6.45, 7) is 9.67. The van der Waals surface area contributed by atoms with Crippen LogP contribution in [-0.2, 0) is 0 Å². The second-order valence-electron chi connectivity index (χ2n) is 7.39. The van der Waals surface area contributed by atoms with E-state index in [0.29, 0.717) is 5.41 Å². The van der Waals surface area contributed by atoms with E-state index in [0.717, 1.165) is 17.9 Å². The van der Waals surface area contributed by atoms with Crippen LogP contribution in [0.4, 0.5) is 0 Å². The molecule has 0 aliphatic heterocycles. The Bertz CT molecular complexity index is 234. The second kappa shape index (κ2) is 8.29. The van der Waals surface area contributed by atoms with E-state index in [4.69, 9.17) is 0 Å². The van der Waals surface area contributed by atoms with E-state index in [1.165, 1.54) is 57.8 Å². The van der Waals surface area contributed by atoms with Crippen LogP contribution in [0.15, 0.2) is 0 Å². The van der Waals surface area contributed by atoms with E-state index in [1.807, 2.05) is 0 Å². The van der Waals surface area contributed by atoms with Crippen LogP contribution in [0.1, 0.15) is 85.5 Å². The third kappa shape index (κ3) is 5.10. The van der Waals surface area contributed by atoms with Crippen LogP contribution in [0.3, 0.4) is 0 Å². The molecule has 0 saturated heterocycles. The first kappa shape index (κ1) is 17.0. The van der Waals surface area contributed by atoms with E-state index in [9.17, 15) is 0 Å². The molecular weight excluding hydrogens is 230 g/mol. The largest absolute Gasteiger partial charge is 0.317 e. The van der Waals surface area contributed by atoms with E-state index >= 15 is 0 Å². The maximum atomic E-state index is 3.67. The fraction of sp³-hybridized carbons (Fsp3) is 1.00. The SMILES string of the molecule is CCCCC(CC)CC(NC)C1CCCCC1(C)C. The van der Waals surface area contributed by atoms with Crippen LogP contribution in [0.25, 0.3) is 0 Å². The van der Waals surface area contributed by atoms with Gasteiger partial charge in [-0.1, -0.05) is 66.2 Å². The topological polar surface area (TPSA) is 12.0 Å². The number of rotatable bonds is 8. The average Bonchev–Trinajstić information content (AvgIpc) is 2.40. The molecule has 0 radical (unpaired) electrons. The van der Waals surface area contributed by atoms with Crippen molar-refractivity contribution in [2.45, 2.75) is 91.5 Å². The minimum atomic E-state index is 0.537. The minimum Gasteiger partial charge on any atom is -0.317 e. The summed E-state index contributed by atoms with van der Waals surface area (Å²) in [4.78, 5) is 0. The summed E-state index contributed by atoms with van der Waals surface area (Å²) < 4.78 is 0. The smallest absolute Gasteiger partial charge is 0.0100 e. The van der Waals surface area contributed by atoms with Gasteiger partial charge in [0.05, 0.1) is 0 Å². The van der Waals surface area contributed by atoms with Crippen molar-refractivity contribution in [2.75, 3.05) is 7.05 Å². The van der Waals surface area contributed by atoms with Crippen molar-refractivity contribution in [3.63, 3.8) is 0 Å². The first-order valence-electron chi connectivity index (χ1n) is 8.72. The summed E-state index contributed by atoms with van der Waals surface area (Å²) in [5.74, 6) is 1.80. The predicted octanol–water partition coefficient (Wildman–Crippen LogP) is 5.40. The molecule has 3 atom stereocenters. The van der Waals surface area contributed by atoms with Gasteiger partial charge < -0.3 is 5.32 Å². The highest BCUT2D eigenvalue weighted by molar-refractivity contribution is 4.90. The molecule has 1 fully saturated rings. The molecule has 0 aromatic heterocycles. The minimum absolute atomic E-state index is 0.537. The summed E-state index contributed by atoms with van der Waals surface area (Å²) in [5.41, 5.74) is 0.537. The van der Waals surface area contributed by atoms with Crippen molar-refractivity contribution in [1.29, 1.82) is 0 Å². The van der Waals surface area contributed by atoms with E-state index in [1.54, 1.807) is 0 Å². The first-order chi connectivity index (χ1) is 9.05. The van der Waals surface area contributed by atoms with Crippen LogP contribution in [0.2, 0.25) is 0 Å². The molecule has 1 nitrogen and oxygen atoms in total. The molecule has 0 aromatic rings. The maximum absolute atomic E-state index is 3.67. The predicted molar refractivity (Wildman–Crippen MR) is 86.5 cm³/mol. The van der Waals surface area contributed by atoms with Crippen molar-refractivity contribution in [1.82, 2.24) is 5.32 Å². The van der Waals surface area contributed by atoms with Crippen LogP contribution >= 0.6 is 0 Å². The Morgan fingerprint density at radius 2 is 1.95 bits per heavy atom. The number of nitrogens with one attached hydrogen (secondary N) is 1. The van der Waals surface area contributed by atoms with Gasteiger partial charge in [-0.2, -0.15) is 0 Å². The highest BCUT2D eigenvalue weighted by atomic mass is 14.9. The fourth-order valence-corrected chi connectivity index (χ4v) is 4.09. The van der Waals surface area contributed by atoms with E-state index in [2.05, 4.69) is 40.1 Å². The highest BCUT2D eigenvalue weighted by Gasteiger charge is 2.37. The maximum Gasteiger partial charge on any atom is 0.0100 e. The van der Waals surface area contributed by atoms with Crippen molar-refractivity contribution >= 4 is 0 Å². The Hall–Kier alpha value is -0.0400. The third-order valence-corrected chi connectivity index (χ3v) is 5.58. The third-order valence-electron chi connectivity index (χ3n) is 5.58. The Balaban J connectivity index is 2.59. The quantitative estimate of drug-likeness (QED) is 0.621. The molecule has 1 rings (SSSR count). The van der Waals surface area contributed by atoms with Gasteiger partial charge in [-0.15, -0.1) is 0 Å². The molecule has 1 heteroatoms. The zero-order valence-electron chi connectivity index (χ0n) is 14.1. The molecule has 114 valence electrons. The molecule has 1 N–H and O–H groups in total. The summed E-state index contributed by atoms with van der Waals surface area (Å²) in [6, 6.07) is 0.733. The standard InChI is InChI=1S/C18H37N/c1-6-8-11-15(7-2)14-17(19-5)16-12-9-10-13-18(16,3)4/h15-17,19H,6-14H2,1-5H3. The van der Waals surface area contributed by atoms with Crippen LogP contribution < -0.4 is 5.32 Å². The lowest BCUT2D eigenvalue weighted by Gasteiger charge is -2.44. The van der Waals surface area contributed by atoms with Crippen molar-refractivity contribution in [3.8, 4) is 0 Å². The highest BCUT2D eigenvalue weighted by Crippen LogP contribution is 2.43. The first-order valence-corrected chi connectivity index (χ1v) is 8.72. The van der Waals surface area contributed by atoms with Gasteiger partial charge >= 0.3 is 0 Å². The lowest BCUT2D eigenvalue weighted by Crippen LogP contribution is -2.44. The van der Waals surface area contributed by atoms with Crippen LogP contribution in [0, 0.1) is 17.3 Å². The fourth-order valence-electron chi connectivity index (χ4n) is 4.09. The molecule has 19 heavy (non-hydrogen) atoms. The summed E-state index contributed by atoms with van der Waals surface area (Å²) >= 11 is 0. The molecule has 0 spiro atoms. The van der Waals surface area contributed by atoms with Gasteiger partial charge in [0.1, 0.15) is 0 Å². The van der Waals surface area contributed by atoms with Crippen LogP contribution in [-0.4, -0.2) is 13.1 Å². The van der Waals surface area contributed by atoms with Gasteiger partial charge in [-0.3, -0.25) is 0 Å². The van der Waals surface area contributed by atoms with Gasteiger partial charge in [0.15, 0.2) is 0 Å². The number of hydrogen-bond acceptors (Lipinski definition) is 1. The Morgan fingerprint density at radius 3 is 2.47 bits per heavy atom. The van der Waals surface area contributed by atoms with E-state index < -0.39 is 0 Å². The Morgan fingerprint density at radius 1 is 1.21 bits per heavy atom. The van der Waals surface area contributed by atoms with Gasteiger partial charge in [0, 0.05) is 6.04 Å². The monoisotopic (exact) mass is 267 g/mol. The number of unbranched alkanes of at least 4 members (excludes halogenated alkanes) is 1. The molecule has 1 aliphatic carbocycles. The average molecular weight is 268 g/mol. The molecule has 0 heterocycles. The van der Waals surface area contributed by atoms with Gasteiger partial charge in [-0.05, 0) is 43.6 Å². The summed E-state index contributed by atoms with van der Waals surface area (Å²) in [7, 11) is 2.18. The van der Waals surface area contributed by atoms with Gasteiger partial charge in [0.25, 0.3) is 0 Å². The Kier molecular flexibility index (Phi) is 7.42. The second-order valence-corrected chi connectivity index (χ2v) is 7.39. The number of hydrogen-bond donors (Lipinski definition) is 1. The molecule has 3 unspecified atom stereocenters. The molecule has 0 aromatic carbocycles. The van der Waals surface area contributed by atoms with E-state index in [-0.39, 0.29) is 0 Å². The van der Waals surface area contributed by atoms with Gasteiger partial charge in [-0.25, -0.2) is 0 Å². The zero-order valence-corrected chi connectivity index (χ0v) is 14.1. The molecular formula is C18H37N. The summed E-state index contributed by atoms with van der Waals surface area (Å²) in [5, 5.41) is 3.67. The lowest BCUT2D eigenvalue weighted by atomic mass is 9.64. The van der Waals surface area contributed by atoms with Gasteiger partial charge in [0.2, 0.25) is 0 Å². The Labute approximate surface area is 121 Å². The molecule has 1 aliphatic rings. The van der Waals surface area contributed by atoms with Crippen molar-refractivity contribution in [3.05, 3.63) is 0 Å². The zero-order chi connectivity index (χ0) is 14.3. The lowest BCUT2D eigenvalue weighted by molar-refractivity contribution is 0.0892.